The number of rotatable bonds is 9. The Hall–Kier alpha value is -1.13. The first-order valence-corrected chi connectivity index (χ1v) is 8.94. The average molecular weight is 307 g/mol. The van der Waals surface area contributed by atoms with Gasteiger partial charge in [-0.2, -0.15) is 11.8 Å². The number of fused-ring (bicyclic) bond motifs is 1. The molecule has 3 nitrogen and oxygen atoms in total. The minimum Gasteiger partial charge on any atom is -0.493 e. The highest BCUT2D eigenvalue weighted by Crippen LogP contribution is 2.30. The number of benzene rings is 1. The van der Waals surface area contributed by atoms with Crippen molar-refractivity contribution >= 4 is 22.7 Å². The molecule has 2 aromatic rings. The first kappa shape index (κ1) is 16.2. The Morgan fingerprint density at radius 2 is 2.14 bits per heavy atom. The van der Waals surface area contributed by atoms with Gasteiger partial charge in [0.15, 0.2) is 11.3 Å². The van der Waals surface area contributed by atoms with Crippen molar-refractivity contribution in [3.8, 4) is 5.75 Å². The van der Waals surface area contributed by atoms with Crippen molar-refractivity contribution < 1.29 is 9.15 Å². The Morgan fingerprint density at radius 3 is 2.90 bits per heavy atom. The molecule has 21 heavy (non-hydrogen) atoms. The largest absolute Gasteiger partial charge is 0.493 e. The monoisotopic (exact) mass is 307 g/mol. The van der Waals surface area contributed by atoms with Crippen molar-refractivity contribution in [1.82, 2.24) is 5.32 Å². The van der Waals surface area contributed by atoms with Crippen LogP contribution in [0.1, 0.15) is 38.0 Å². The maximum Gasteiger partial charge on any atom is 0.176 e. The third kappa shape index (κ3) is 4.42. The number of nitrogens with one attached hydrogen (secondary N) is 1. The average Bonchev–Trinajstić information content (AvgIpc) is 2.94. The zero-order chi connectivity index (χ0) is 15.1. The van der Waals surface area contributed by atoms with E-state index in [0.29, 0.717) is 0 Å². The van der Waals surface area contributed by atoms with Crippen LogP contribution in [-0.2, 0) is 0 Å². The summed E-state index contributed by atoms with van der Waals surface area (Å²) in [4.78, 5) is 0. The lowest BCUT2D eigenvalue weighted by Gasteiger charge is -2.10. The molecule has 0 saturated carbocycles. The van der Waals surface area contributed by atoms with Crippen molar-refractivity contribution in [3.63, 3.8) is 0 Å². The van der Waals surface area contributed by atoms with E-state index >= 15 is 0 Å². The Kier molecular flexibility index (Phi) is 6.46. The summed E-state index contributed by atoms with van der Waals surface area (Å²) in [5.41, 5.74) is 0.837. The third-order valence-corrected chi connectivity index (χ3v) is 4.35. The smallest absolute Gasteiger partial charge is 0.176 e. The lowest BCUT2D eigenvalue weighted by Crippen LogP contribution is -2.19. The van der Waals surface area contributed by atoms with Crippen LogP contribution in [0.2, 0.25) is 0 Å². The first-order valence-electron chi connectivity index (χ1n) is 7.55. The van der Waals surface area contributed by atoms with E-state index < -0.39 is 0 Å². The molecule has 0 aliphatic carbocycles. The van der Waals surface area contributed by atoms with E-state index in [1.807, 2.05) is 23.9 Å². The van der Waals surface area contributed by atoms with Crippen LogP contribution in [0.25, 0.3) is 11.0 Å². The lowest BCUT2D eigenvalue weighted by molar-refractivity contribution is 0.399. The van der Waals surface area contributed by atoms with Gasteiger partial charge in [-0.15, -0.1) is 0 Å². The van der Waals surface area contributed by atoms with Gasteiger partial charge in [0, 0.05) is 5.39 Å². The minimum atomic E-state index is 0.225. The van der Waals surface area contributed by atoms with E-state index in [4.69, 9.17) is 9.15 Å². The highest BCUT2D eigenvalue weighted by atomic mass is 32.2. The fourth-order valence-corrected chi connectivity index (χ4v) is 2.89. The van der Waals surface area contributed by atoms with Gasteiger partial charge in [0.05, 0.1) is 13.2 Å². The van der Waals surface area contributed by atoms with Crippen LogP contribution in [0.4, 0.5) is 0 Å². The summed E-state index contributed by atoms with van der Waals surface area (Å²) in [5.74, 6) is 3.03. The molecule has 0 amide bonds. The van der Waals surface area contributed by atoms with Gasteiger partial charge in [-0.25, -0.2) is 0 Å². The van der Waals surface area contributed by atoms with Crippen LogP contribution in [-0.4, -0.2) is 25.7 Å². The molecule has 0 spiro atoms. The van der Waals surface area contributed by atoms with Gasteiger partial charge in [0.2, 0.25) is 0 Å². The molecule has 1 unspecified atom stereocenters. The minimum absolute atomic E-state index is 0.225. The van der Waals surface area contributed by atoms with E-state index in [2.05, 4.69) is 30.6 Å². The van der Waals surface area contributed by atoms with Crippen molar-refractivity contribution in [1.29, 1.82) is 0 Å². The van der Waals surface area contributed by atoms with E-state index in [1.165, 1.54) is 25.0 Å². The molecule has 1 atom stereocenters. The maximum absolute atomic E-state index is 5.96. The maximum atomic E-state index is 5.96. The lowest BCUT2D eigenvalue weighted by atomic mass is 10.2. The SMILES string of the molecule is COc1cccc2cc(C(C)NCCCCCSC)oc12. The van der Waals surface area contributed by atoms with Gasteiger partial charge in [0.1, 0.15) is 5.76 Å². The molecule has 116 valence electrons. The van der Waals surface area contributed by atoms with Gasteiger partial charge < -0.3 is 14.5 Å². The molecule has 0 bridgehead atoms. The number of hydrogen-bond donors (Lipinski definition) is 1. The summed E-state index contributed by atoms with van der Waals surface area (Å²) in [6.07, 6.45) is 5.97. The molecule has 0 aliphatic heterocycles. The van der Waals surface area contributed by atoms with Crippen molar-refractivity contribution in [2.75, 3.05) is 25.7 Å². The van der Waals surface area contributed by atoms with Crippen molar-refractivity contribution in [3.05, 3.63) is 30.0 Å². The molecule has 0 fully saturated rings. The number of furan rings is 1. The van der Waals surface area contributed by atoms with Gasteiger partial charge in [-0.3, -0.25) is 0 Å². The van der Waals surface area contributed by atoms with Crippen LogP contribution >= 0.6 is 11.8 Å². The summed E-state index contributed by atoms with van der Waals surface area (Å²) >= 11 is 1.92. The van der Waals surface area contributed by atoms with Crippen LogP contribution in [0, 0.1) is 0 Å². The third-order valence-electron chi connectivity index (χ3n) is 3.65. The molecule has 1 heterocycles. The normalized spacial score (nSPS) is 12.7. The van der Waals surface area contributed by atoms with Crippen molar-refractivity contribution in [2.45, 2.75) is 32.2 Å². The zero-order valence-electron chi connectivity index (χ0n) is 13.1. The van der Waals surface area contributed by atoms with Gasteiger partial charge in [-0.1, -0.05) is 18.6 Å². The highest BCUT2D eigenvalue weighted by Gasteiger charge is 2.13. The quantitative estimate of drug-likeness (QED) is 0.685. The summed E-state index contributed by atoms with van der Waals surface area (Å²) in [6, 6.07) is 8.30. The molecular weight excluding hydrogens is 282 g/mol. The van der Waals surface area contributed by atoms with E-state index in [0.717, 1.165) is 29.0 Å². The van der Waals surface area contributed by atoms with Gasteiger partial charge in [0.25, 0.3) is 0 Å². The summed E-state index contributed by atoms with van der Waals surface area (Å²) in [5, 5.41) is 4.63. The Morgan fingerprint density at radius 1 is 1.29 bits per heavy atom. The number of thioether (sulfide) groups is 1. The highest BCUT2D eigenvalue weighted by molar-refractivity contribution is 7.98. The van der Waals surface area contributed by atoms with E-state index in [9.17, 15) is 0 Å². The van der Waals surface area contributed by atoms with Gasteiger partial charge in [-0.05, 0) is 50.5 Å². The number of unbranched alkanes of at least 4 members (excludes halogenated alkanes) is 2. The fourth-order valence-electron chi connectivity index (χ4n) is 2.40. The Bertz CT molecular complexity index is 553. The summed E-state index contributed by atoms with van der Waals surface area (Å²) in [6.45, 7) is 3.18. The van der Waals surface area contributed by atoms with Crippen LogP contribution in [0.3, 0.4) is 0 Å². The topological polar surface area (TPSA) is 34.4 Å². The predicted octanol–water partition coefficient (Wildman–Crippen LogP) is 4.63. The molecule has 2 rings (SSSR count). The molecule has 0 aliphatic rings. The second-order valence-electron chi connectivity index (χ2n) is 5.26. The molecular formula is C17H25NO2S. The second-order valence-corrected chi connectivity index (χ2v) is 6.24. The number of para-hydroxylation sites is 1. The summed E-state index contributed by atoms with van der Waals surface area (Å²) in [7, 11) is 1.67. The zero-order valence-corrected chi connectivity index (χ0v) is 14.0. The van der Waals surface area contributed by atoms with Crippen LogP contribution in [0.5, 0.6) is 5.75 Å². The first-order chi connectivity index (χ1) is 10.3. The van der Waals surface area contributed by atoms with E-state index in [-0.39, 0.29) is 6.04 Å². The summed E-state index contributed by atoms with van der Waals surface area (Å²) < 4.78 is 11.3. The van der Waals surface area contributed by atoms with Crippen LogP contribution in [0.15, 0.2) is 28.7 Å². The number of ether oxygens (including phenoxy) is 1. The molecule has 4 heteroatoms. The van der Waals surface area contributed by atoms with E-state index in [1.54, 1.807) is 7.11 Å². The molecule has 1 aromatic carbocycles. The standard InChI is InChI=1S/C17H25NO2S/c1-13(18-10-5-4-6-11-21-3)16-12-14-8-7-9-15(19-2)17(14)20-16/h7-9,12-13,18H,4-6,10-11H2,1-3H3. The second kappa shape index (κ2) is 8.35. The number of hydrogen-bond acceptors (Lipinski definition) is 4. The van der Waals surface area contributed by atoms with Crippen LogP contribution < -0.4 is 10.1 Å². The van der Waals surface area contributed by atoms with Crippen molar-refractivity contribution in [2.24, 2.45) is 0 Å². The molecule has 0 saturated heterocycles. The molecule has 1 aromatic heterocycles. The fraction of sp³-hybridized carbons (Fsp3) is 0.529. The number of methoxy groups -OCH3 is 1. The Balaban J connectivity index is 1.89. The predicted molar refractivity (Wildman–Crippen MR) is 91.4 cm³/mol. The Labute approximate surface area is 131 Å². The molecule has 0 radical (unpaired) electrons. The molecule has 1 N–H and O–H groups in total. The van der Waals surface area contributed by atoms with Gasteiger partial charge >= 0.3 is 0 Å².